The zero-order chi connectivity index (χ0) is 27.4. The van der Waals surface area contributed by atoms with Crippen molar-refractivity contribution in [3.05, 3.63) is 42.2 Å². The van der Waals surface area contributed by atoms with Crippen molar-refractivity contribution in [2.45, 2.75) is 90.6 Å². The first-order valence-corrected chi connectivity index (χ1v) is 13.9. The van der Waals surface area contributed by atoms with Gasteiger partial charge >= 0.3 is 7.12 Å². The van der Waals surface area contributed by atoms with Gasteiger partial charge in [-0.25, -0.2) is 0 Å². The molecule has 38 heavy (non-hydrogen) atoms. The number of rotatable bonds is 8. The van der Waals surface area contributed by atoms with Crippen molar-refractivity contribution in [2.24, 2.45) is 23.2 Å². The van der Waals surface area contributed by atoms with E-state index in [-0.39, 0.29) is 28.7 Å². The van der Waals surface area contributed by atoms with E-state index >= 15 is 0 Å². The lowest BCUT2D eigenvalue weighted by atomic mass is 9.43. The molecule has 7 atom stereocenters. The van der Waals surface area contributed by atoms with Gasteiger partial charge in [-0.15, -0.1) is 0 Å². The quantitative estimate of drug-likeness (QED) is 0.459. The van der Waals surface area contributed by atoms with Gasteiger partial charge in [0.1, 0.15) is 11.7 Å². The van der Waals surface area contributed by atoms with E-state index in [9.17, 15) is 14.7 Å². The smallest absolute Gasteiger partial charge is 0.404 e. The lowest BCUT2D eigenvalue weighted by Gasteiger charge is -2.64. The second kappa shape index (κ2) is 9.92. The molecule has 2 heterocycles. The van der Waals surface area contributed by atoms with Crippen molar-refractivity contribution in [3.63, 3.8) is 0 Å². The number of nitrogens with zero attached hydrogens (tertiary/aromatic N) is 1. The van der Waals surface area contributed by atoms with Crippen LogP contribution in [0.25, 0.3) is 10.8 Å². The predicted octanol–water partition coefficient (Wildman–Crippen LogP) is 3.51. The maximum atomic E-state index is 13.5. The van der Waals surface area contributed by atoms with Gasteiger partial charge in [0.25, 0.3) is 5.91 Å². The lowest BCUT2D eigenvalue weighted by molar-refractivity contribution is -0.199. The highest BCUT2D eigenvalue weighted by Crippen LogP contribution is 2.65. The molecule has 0 spiro atoms. The molecule has 1 saturated heterocycles. The number of aliphatic hydroxyl groups excluding tert-OH is 1. The van der Waals surface area contributed by atoms with E-state index in [1.807, 2.05) is 24.3 Å². The van der Waals surface area contributed by atoms with Gasteiger partial charge in [0, 0.05) is 11.6 Å². The second-order valence-corrected chi connectivity index (χ2v) is 12.7. The molecule has 204 valence electrons. The van der Waals surface area contributed by atoms with Crippen molar-refractivity contribution < 1.29 is 24.0 Å². The van der Waals surface area contributed by atoms with Crippen LogP contribution in [0.2, 0.25) is 0 Å². The van der Waals surface area contributed by atoms with Crippen LogP contribution in [0.4, 0.5) is 0 Å². The van der Waals surface area contributed by atoms with Crippen LogP contribution in [-0.2, 0) is 14.1 Å². The third-order valence-corrected chi connectivity index (χ3v) is 9.27. The van der Waals surface area contributed by atoms with Crippen LogP contribution in [0.3, 0.4) is 0 Å². The molecular weight excluding hydrogens is 481 g/mol. The number of hydrogen-bond acceptors (Lipinski definition) is 6. The van der Waals surface area contributed by atoms with Gasteiger partial charge in [-0.3, -0.25) is 14.6 Å². The maximum absolute atomic E-state index is 13.5. The van der Waals surface area contributed by atoms with E-state index in [0.717, 1.165) is 23.6 Å². The van der Waals surface area contributed by atoms with Crippen LogP contribution in [0.15, 0.2) is 36.5 Å². The number of amides is 2. The van der Waals surface area contributed by atoms with Gasteiger partial charge in [-0.05, 0) is 67.7 Å². The number of carbonyl (C=O) groups excluding carboxylic acids is 2. The number of aromatic nitrogens is 1. The molecule has 4 aliphatic rings. The highest BCUT2D eigenvalue weighted by molar-refractivity contribution is 6.48. The molecule has 0 radical (unpaired) electrons. The molecule has 2 bridgehead atoms. The first kappa shape index (κ1) is 27.1. The second-order valence-electron chi connectivity index (χ2n) is 12.7. The van der Waals surface area contributed by atoms with Crippen LogP contribution in [-0.4, -0.2) is 58.8 Å². The summed E-state index contributed by atoms with van der Waals surface area (Å²) in [4.78, 5) is 30.7. The Kier molecular flexibility index (Phi) is 7.07. The van der Waals surface area contributed by atoms with Crippen molar-refractivity contribution in [2.75, 3.05) is 0 Å². The highest BCUT2D eigenvalue weighted by Gasteiger charge is 2.68. The number of pyridine rings is 1. The van der Waals surface area contributed by atoms with Crippen molar-refractivity contribution in [1.29, 1.82) is 0 Å². The van der Waals surface area contributed by atoms with Gasteiger partial charge in [-0.2, -0.15) is 0 Å². The summed E-state index contributed by atoms with van der Waals surface area (Å²) in [5.41, 5.74) is 0.0170. The molecule has 1 aromatic heterocycles. The number of carbonyl (C=O) groups is 2. The van der Waals surface area contributed by atoms with Crippen LogP contribution in [0.5, 0.6) is 0 Å². The monoisotopic (exact) mass is 521 g/mol. The fourth-order valence-corrected chi connectivity index (χ4v) is 6.92. The van der Waals surface area contributed by atoms with Gasteiger partial charge in [-0.1, -0.05) is 52.0 Å². The fourth-order valence-electron chi connectivity index (χ4n) is 6.92. The Morgan fingerprint density at radius 3 is 2.50 bits per heavy atom. The molecule has 3 N–H and O–H groups in total. The van der Waals surface area contributed by atoms with Gasteiger partial charge in [0.15, 0.2) is 0 Å². The Hall–Kier alpha value is -2.49. The Morgan fingerprint density at radius 1 is 1.13 bits per heavy atom. The van der Waals surface area contributed by atoms with E-state index < -0.39 is 37.0 Å². The fraction of sp³-hybridized carbons (Fsp3) is 0.621. The van der Waals surface area contributed by atoms with E-state index in [1.165, 1.54) is 6.92 Å². The SMILES string of the molecule is CC(C)C[C@H](NC(=O)[C@@H](NC(=O)c1cc2ccccc2cn1)[C@@H](C)O)B1O[C@@H]2C[C@H]3C[C@@H](C3(C)C)[C@]2(C)O1. The molecular formula is C29H40BN3O5. The van der Waals surface area contributed by atoms with Crippen molar-refractivity contribution in [1.82, 2.24) is 15.6 Å². The standard InChI is InChI=1S/C29H40BN3O5/c1-16(2)11-24(30-37-23-14-20-13-22(28(20,4)5)29(23,6)38-30)32-27(36)25(17(3)34)33-26(35)21-12-18-9-7-8-10-19(18)15-31-21/h7-10,12,15-17,20,22-25,34H,11,13-14H2,1-6H3,(H,32,36)(H,33,35)/t17-,20-,22+,23-,24+,25+,29+/m1/s1. The first-order valence-electron chi connectivity index (χ1n) is 13.9. The summed E-state index contributed by atoms with van der Waals surface area (Å²) in [6.45, 7) is 12.5. The largest absolute Gasteiger partial charge is 0.481 e. The minimum atomic E-state index is -1.16. The molecule has 4 fully saturated rings. The van der Waals surface area contributed by atoms with Crippen molar-refractivity contribution in [3.8, 4) is 0 Å². The van der Waals surface area contributed by atoms with Crippen molar-refractivity contribution >= 4 is 29.7 Å². The van der Waals surface area contributed by atoms with Crippen LogP contribution >= 0.6 is 0 Å². The van der Waals surface area contributed by atoms with Gasteiger partial charge < -0.3 is 25.0 Å². The average Bonchev–Trinajstić information content (AvgIpc) is 3.23. The average molecular weight is 521 g/mol. The zero-order valence-corrected chi connectivity index (χ0v) is 23.2. The third-order valence-electron chi connectivity index (χ3n) is 9.27. The molecule has 1 aliphatic heterocycles. The summed E-state index contributed by atoms with van der Waals surface area (Å²) >= 11 is 0. The molecule has 1 aromatic carbocycles. The van der Waals surface area contributed by atoms with E-state index in [4.69, 9.17) is 9.31 Å². The maximum Gasteiger partial charge on any atom is 0.481 e. The van der Waals surface area contributed by atoms with E-state index in [2.05, 4.69) is 50.2 Å². The number of benzene rings is 1. The Morgan fingerprint density at radius 2 is 1.84 bits per heavy atom. The molecule has 6 rings (SSSR count). The number of aliphatic hydroxyl groups is 1. The molecule has 3 saturated carbocycles. The molecule has 9 heteroatoms. The van der Waals surface area contributed by atoms with E-state index in [1.54, 1.807) is 12.3 Å². The summed E-state index contributed by atoms with van der Waals surface area (Å²) in [5, 5.41) is 18.0. The van der Waals surface area contributed by atoms with Gasteiger partial charge in [0.2, 0.25) is 5.91 Å². The summed E-state index contributed by atoms with van der Waals surface area (Å²) in [7, 11) is -0.584. The van der Waals surface area contributed by atoms with Crippen LogP contribution < -0.4 is 10.6 Å². The Labute approximate surface area is 225 Å². The normalized spacial score (nSPS) is 29.8. The molecule has 8 nitrogen and oxygen atoms in total. The van der Waals surface area contributed by atoms with Crippen LogP contribution in [0, 0.1) is 23.2 Å². The summed E-state index contributed by atoms with van der Waals surface area (Å²) < 4.78 is 13.1. The number of fused-ring (bicyclic) bond motifs is 1. The number of nitrogens with one attached hydrogen (secondary N) is 2. The molecule has 2 aromatic rings. The predicted molar refractivity (Wildman–Crippen MR) is 146 cm³/mol. The minimum absolute atomic E-state index is 0.00193. The lowest BCUT2D eigenvalue weighted by Crippen LogP contribution is -2.65. The molecule has 2 amide bonds. The zero-order valence-electron chi connectivity index (χ0n) is 23.2. The number of hydrogen-bond donors (Lipinski definition) is 3. The Bertz CT molecular complexity index is 1220. The minimum Gasteiger partial charge on any atom is -0.404 e. The summed E-state index contributed by atoms with van der Waals surface area (Å²) in [6.07, 6.45) is 3.27. The topological polar surface area (TPSA) is 110 Å². The summed E-state index contributed by atoms with van der Waals surface area (Å²) in [6, 6.07) is 8.13. The Balaban J connectivity index is 1.30. The van der Waals surface area contributed by atoms with Crippen LogP contribution in [0.1, 0.15) is 71.3 Å². The summed E-state index contributed by atoms with van der Waals surface area (Å²) in [5.74, 6) is -0.0953. The molecule has 3 aliphatic carbocycles. The van der Waals surface area contributed by atoms with E-state index in [0.29, 0.717) is 18.3 Å². The third kappa shape index (κ3) is 4.73. The van der Waals surface area contributed by atoms with Gasteiger partial charge in [0.05, 0.1) is 23.8 Å². The molecule has 0 unspecified atom stereocenters. The first-order chi connectivity index (χ1) is 17.9. The highest BCUT2D eigenvalue weighted by atomic mass is 16.7.